The molecule has 2 heterocycles. The molecular weight excluding hydrogens is 356 g/mol. The van der Waals surface area contributed by atoms with Gasteiger partial charge in [-0.05, 0) is 66.4 Å². The van der Waals surface area contributed by atoms with Crippen LogP contribution in [0.15, 0.2) is 22.8 Å². The van der Waals surface area contributed by atoms with Gasteiger partial charge in [0.1, 0.15) is 16.2 Å². The van der Waals surface area contributed by atoms with Crippen LogP contribution in [0.4, 0.5) is 0 Å². The summed E-state index contributed by atoms with van der Waals surface area (Å²) < 4.78 is 15.0. The zero-order chi connectivity index (χ0) is 16.0. The van der Waals surface area contributed by atoms with Crippen LogP contribution in [0.3, 0.4) is 0 Å². The molecule has 0 spiro atoms. The molecule has 0 unspecified atom stereocenters. The smallest absolute Gasteiger partial charge is 0.141 e. The lowest BCUT2D eigenvalue weighted by Gasteiger charge is -2.14. The number of imidazole rings is 1. The van der Waals surface area contributed by atoms with Gasteiger partial charge in [0.2, 0.25) is 0 Å². The molecule has 1 aliphatic carbocycles. The summed E-state index contributed by atoms with van der Waals surface area (Å²) in [5.74, 6) is 2.00. The van der Waals surface area contributed by atoms with Gasteiger partial charge >= 0.3 is 0 Å². The molecule has 1 aromatic heterocycles. The van der Waals surface area contributed by atoms with E-state index in [0.29, 0.717) is 6.10 Å². The standard InChI is InChI=1S/C18H21BrN2O2/c1-11-9-13(3-6-16(11)23-14-4-5-14)18-20-17(19)15-7-8-22-12(2)10-21(15)18/h3,6,9,12,14H,4-5,7-8,10H2,1-2H3/t12-/m1/s1. The largest absolute Gasteiger partial charge is 0.490 e. The Hall–Kier alpha value is -1.33. The fourth-order valence-electron chi connectivity index (χ4n) is 3.06. The van der Waals surface area contributed by atoms with E-state index in [-0.39, 0.29) is 6.10 Å². The number of aromatic nitrogens is 2. The number of nitrogens with zero attached hydrogens (tertiary/aromatic N) is 2. The first-order chi connectivity index (χ1) is 11.1. The summed E-state index contributed by atoms with van der Waals surface area (Å²) in [4.78, 5) is 4.77. The Morgan fingerprint density at radius 1 is 1.35 bits per heavy atom. The van der Waals surface area contributed by atoms with Crippen molar-refractivity contribution in [3.05, 3.63) is 34.1 Å². The normalized spacial score (nSPS) is 20.9. The van der Waals surface area contributed by atoms with Crippen molar-refractivity contribution in [2.24, 2.45) is 0 Å². The Balaban J connectivity index is 1.71. The SMILES string of the molecule is Cc1cc(-c2nc(Br)c3n2C[C@@H](C)OCC3)ccc1OC1CC1. The van der Waals surface area contributed by atoms with Crippen LogP contribution in [0.25, 0.3) is 11.4 Å². The van der Waals surface area contributed by atoms with Crippen molar-refractivity contribution in [2.45, 2.75) is 51.9 Å². The Bertz CT molecular complexity index is 737. The molecule has 0 saturated heterocycles. The molecule has 0 radical (unpaired) electrons. The molecule has 1 atom stereocenters. The first kappa shape index (κ1) is 15.2. The van der Waals surface area contributed by atoms with Gasteiger partial charge in [-0.2, -0.15) is 0 Å². The van der Waals surface area contributed by atoms with Crippen molar-refractivity contribution in [2.75, 3.05) is 6.61 Å². The minimum atomic E-state index is 0.203. The lowest BCUT2D eigenvalue weighted by Crippen LogP contribution is -2.15. The van der Waals surface area contributed by atoms with E-state index >= 15 is 0 Å². The number of ether oxygens (including phenoxy) is 2. The van der Waals surface area contributed by atoms with Crippen LogP contribution in [-0.4, -0.2) is 28.4 Å². The summed E-state index contributed by atoms with van der Waals surface area (Å²) in [5, 5.41) is 0. The predicted molar refractivity (Wildman–Crippen MR) is 92.9 cm³/mol. The Kier molecular flexibility index (Phi) is 3.93. The van der Waals surface area contributed by atoms with Gasteiger partial charge in [0.05, 0.1) is 31.1 Å². The van der Waals surface area contributed by atoms with E-state index in [1.807, 2.05) is 0 Å². The third kappa shape index (κ3) is 3.04. The van der Waals surface area contributed by atoms with Crippen LogP contribution >= 0.6 is 15.9 Å². The molecular formula is C18H21BrN2O2. The van der Waals surface area contributed by atoms with E-state index in [4.69, 9.17) is 14.5 Å². The van der Waals surface area contributed by atoms with E-state index in [9.17, 15) is 0 Å². The maximum atomic E-state index is 5.95. The number of hydrogen-bond donors (Lipinski definition) is 0. The summed E-state index contributed by atoms with van der Waals surface area (Å²) in [7, 11) is 0. The highest BCUT2D eigenvalue weighted by molar-refractivity contribution is 9.10. The molecule has 1 aliphatic heterocycles. The molecule has 23 heavy (non-hydrogen) atoms. The van der Waals surface area contributed by atoms with Crippen LogP contribution < -0.4 is 4.74 Å². The van der Waals surface area contributed by atoms with Crippen molar-refractivity contribution in [1.29, 1.82) is 0 Å². The highest BCUT2D eigenvalue weighted by Crippen LogP contribution is 2.33. The summed E-state index contributed by atoms with van der Waals surface area (Å²) in [6, 6.07) is 6.37. The molecule has 1 fully saturated rings. The number of rotatable bonds is 3. The highest BCUT2D eigenvalue weighted by Gasteiger charge is 2.25. The second-order valence-electron chi connectivity index (χ2n) is 6.51. The molecule has 5 heteroatoms. The van der Waals surface area contributed by atoms with E-state index in [1.165, 1.54) is 24.1 Å². The molecule has 4 rings (SSSR count). The molecule has 0 N–H and O–H groups in total. The Labute approximate surface area is 144 Å². The second-order valence-corrected chi connectivity index (χ2v) is 7.26. The van der Waals surface area contributed by atoms with Gasteiger partial charge in [-0.3, -0.25) is 0 Å². The van der Waals surface area contributed by atoms with Gasteiger partial charge in [0, 0.05) is 12.0 Å². The van der Waals surface area contributed by atoms with Gasteiger partial charge in [-0.1, -0.05) is 0 Å². The topological polar surface area (TPSA) is 36.3 Å². The number of fused-ring (bicyclic) bond motifs is 1. The van der Waals surface area contributed by atoms with Gasteiger partial charge in [0.25, 0.3) is 0 Å². The van der Waals surface area contributed by atoms with E-state index in [0.717, 1.165) is 41.3 Å². The lowest BCUT2D eigenvalue weighted by atomic mass is 10.1. The van der Waals surface area contributed by atoms with Crippen LogP contribution in [0, 0.1) is 6.92 Å². The van der Waals surface area contributed by atoms with Crippen molar-refractivity contribution in [3.63, 3.8) is 0 Å². The molecule has 2 aliphatic rings. The maximum Gasteiger partial charge on any atom is 0.141 e. The summed E-state index contributed by atoms with van der Waals surface area (Å²) >= 11 is 3.62. The number of hydrogen-bond acceptors (Lipinski definition) is 3. The monoisotopic (exact) mass is 376 g/mol. The van der Waals surface area contributed by atoms with Crippen molar-refractivity contribution in [3.8, 4) is 17.1 Å². The van der Waals surface area contributed by atoms with Crippen molar-refractivity contribution < 1.29 is 9.47 Å². The zero-order valence-electron chi connectivity index (χ0n) is 13.5. The second kappa shape index (κ2) is 5.95. The average molecular weight is 377 g/mol. The summed E-state index contributed by atoms with van der Waals surface area (Å²) in [5.41, 5.74) is 3.52. The lowest BCUT2D eigenvalue weighted by molar-refractivity contribution is 0.0666. The molecule has 1 saturated carbocycles. The quantitative estimate of drug-likeness (QED) is 0.807. The van der Waals surface area contributed by atoms with Gasteiger partial charge in [-0.25, -0.2) is 4.98 Å². The summed E-state index contributed by atoms with van der Waals surface area (Å²) in [6.07, 6.45) is 3.88. The van der Waals surface area contributed by atoms with Crippen LogP contribution in [0.1, 0.15) is 31.0 Å². The van der Waals surface area contributed by atoms with Crippen LogP contribution in [0.2, 0.25) is 0 Å². The number of aryl methyl sites for hydroxylation is 1. The minimum Gasteiger partial charge on any atom is -0.490 e. The molecule has 4 nitrogen and oxygen atoms in total. The van der Waals surface area contributed by atoms with Crippen molar-refractivity contribution >= 4 is 15.9 Å². The fourth-order valence-corrected chi connectivity index (χ4v) is 3.65. The molecule has 0 bridgehead atoms. The predicted octanol–water partition coefficient (Wildman–Crippen LogP) is 4.12. The summed E-state index contributed by atoms with van der Waals surface area (Å²) in [6.45, 7) is 5.81. The average Bonchev–Trinajstić information content (AvgIpc) is 3.30. The van der Waals surface area contributed by atoms with Crippen molar-refractivity contribution in [1.82, 2.24) is 9.55 Å². The number of benzene rings is 1. The number of halogens is 1. The van der Waals surface area contributed by atoms with Crippen LogP contribution in [-0.2, 0) is 17.7 Å². The molecule has 2 aromatic rings. The molecule has 0 amide bonds. The van der Waals surface area contributed by atoms with Gasteiger partial charge < -0.3 is 14.0 Å². The maximum absolute atomic E-state index is 5.95. The fraction of sp³-hybridized carbons (Fsp3) is 0.500. The third-order valence-electron chi connectivity index (χ3n) is 4.46. The van der Waals surface area contributed by atoms with Crippen LogP contribution in [0.5, 0.6) is 5.75 Å². The minimum absolute atomic E-state index is 0.203. The molecule has 1 aromatic carbocycles. The molecule has 122 valence electrons. The van der Waals surface area contributed by atoms with E-state index in [2.05, 4.69) is 52.5 Å². The van der Waals surface area contributed by atoms with Gasteiger partial charge in [-0.15, -0.1) is 0 Å². The highest BCUT2D eigenvalue weighted by atomic mass is 79.9. The first-order valence-corrected chi connectivity index (χ1v) is 9.05. The van der Waals surface area contributed by atoms with E-state index in [1.54, 1.807) is 0 Å². The Morgan fingerprint density at radius 3 is 2.91 bits per heavy atom. The van der Waals surface area contributed by atoms with E-state index < -0.39 is 0 Å². The Morgan fingerprint density at radius 2 is 2.17 bits per heavy atom. The zero-order valence-corrected chi connectivity index (χ0v) is 15.1. The van der Waals surface area contributed by atoms with Gasteiger partial charge in [0.15, 0.2) is 0 Å². The third-order valence-corrected chi connectivity index (χ3v) is 5.09. The first-order valence-electron chi connectivity index (χ1n) is 8.26.